The second-order valence-corrected chi connectivity index (χ2v) is 7.30. The molecule has 1 aromatic carbocycles. The third-order valence-electron chi connectivity index (χ3n) is 4.99. The Balaban J connectivity index is 1.41. The number of rotatable bonds is 7. The zero-order valence-electron chi connectivity index (χ0n) is 16.7. The Morgan fingerprint density at radius 2 is 1.80 bits per heavy atom. The molecule has 1 aliphatic rings. The Morgan fingerprint density at radius 1 is 1.10 bits per heavy atom. The zero-order chi connectivity index (χ0) is 21.6. The maximum absolute atomic E-state index is 12.6. The van der Waals surface area contributed by atoms with Gasteiger partial charge < -0.3 is 14.8 Å². The summed E-state index contributed by atoms with van der Waals surface area (Å²) in [6.45, 7) is 2.52. The number of alkyl halides is 3. The molecular weight excluding hydrogens is 397 g/mol. The van der Waals surface area contributed by atoms with Crippen LogP contribution in [0, 0.1) is 0 Å². The zero-order valence-corrected chi connectivity index (χ0v) is 16.7. The van der Waals surface area contributed by atoms with E-state index in [1.165, 1.54) is 6.07 Å². The van der Waals surface area contributed by atoms with Crippen molar-refractivity contribution in [3.8, 4) is 11.6 Å². The van der Waals surface area contributed by atoms with Crippen molar-refractivity contribution >= 4 is 5.91 Å². The van der Waals surface area contributed by atoms with Crippen molar-refractivity contribution in [3.63, 3.8) is 0 Å². The first-order chi connectivity index (χ1) is 14.3. The molecule has 1 saturated carbocycles. The first-order valence-electron chi connectivity index (χ1n) is 10.0. The van der Waals surface area contributed by atoms with Gasteiger partial charge in [-0.05, 0) is 56.4 Å². The summed E-state index contributed by atoms with van der Waals surface area (Å²) in [7, 11) is 0. The standard InChI is InChI=1S/C22H25F3N2O3/c1-2-29-18-8-3-15(4-9-18)13-20(28)27-17-6-10-19(11-7-17)30-21-12-5-16(14-26-21)22(23,24)25/h3-5,8-9,12,14,17,19H,2,6-7,10-11,13H2,1H3,(H,27,28). The number of nitrogens with one attached hydrogen (secondary N) is 1. The van der Waals surface area contributed by atoms with Crippen LogP contribution in [-0.4, -0.2) is 29.6 Å². The predicted octanol–water partition coefficient (Wildman–Crippen LogP) is 4.55. The molecule has 1 aromatic heterocycles. The minimum absolute atomic E-state index is 0.0343. The molecule has 0 aliphatic heterocycles. The summed E-state index contributed by atoms with van der Waals surface area (Å²) in [6, 6.07) is 9.75. The van der Waals surface area contributed by atoms with Gasteiger partial charge in [-0.25, -0.2) is 4.98 Å². The van der Waals surface area contributed by atoms with Crippen molar-refractivity contribution in [2.45, 2.75) is 57.3 Å². The highest BCUT2D eigenvalue weighted by Crippen LogP contribution is 2.30. The van der Waals surface area contributed by atoms with E-state index in [1.54, 1.807) is 0 Å². The van der Waals surface area contributed by atoms with Gasteiger partial charge in [-0.2, -0.15) is 13.2 Å². The van der Waals surface area contributed by atoms with Gasteiger partial charge >= 0.3 is 6.18 Å². The fourth-order valence-corrected chi connectivity index (χ4v) is 3.45. The van der Waals surface area contributed by atoms with Crippen LogP contribution in [0.3, 0.4) is 0 Å². The van der Waals surface area contributed by atoms with Gasteiger partial charge in [-0.15, -0.1) is 0 Å². The van der Waals surface area contributed by atoms with Crippen molar-refractivity contribution in [2.75, 3.05) is 6.61 Å². The van der Waals surface area contributed by atoms with Crippen LogP contribution in [-0.2, 0) is 17.4 Å². The molecule has 1 aliphatic carbocycles. The van der Waals surface area contributed by atoms with Crippen LogP contribution in [0.5, 0.6) is 11.6 Å². The number of carbonyl (C=O) groups is 1. The van der Waals surface area contributed by atoms with Crippen LogP contribution in [0.2, 0.25) is 0 Å². The topological polar surface area (TPSA) is 60.5 Å². The van der Waals surface area contributed by atoms with E-state index < -0.39 is 11.7 Å². The van der Waals surface area contributed by atoms with E-state index in [0.717, 1.165) is 36.4 Å². The van der Waals surface area contributed by atoms with Gasteiger partial charge in [-0.3, -0.25) is 4.79 Å². The molecule has 3 rings (SSSR count). The highest BCUT2D eigenvalue weighted by Gasteiger charge is 2.31. The lowest BCUT2D eigenvalue weighted by Gasteiger charge is -2.29. The summed E-state index contributed by atoms with van der Waals surface area (Å²) < 4.78 is 48.9. The summed E-state index contributed by atoms with van der Waals surface area (Å²) in [5.41, 5.74) is 0.121. The number of aromatic nitrogens is 1. The number of carbonyl (C=O) groups excluding carboxylic acids is 1. The number of pyridine rings is 1. The SMILES string of the molecule is CCOc1ccc(CC(=O)NC2CCC(Oc3ccc(C(F)(F)F)cn3)CC2)cc1. The second kappa shape index (κ2) is 9.82. The number of nitrogens with zero attached hydrogens (tertiary/aromatic N) is 1. The van der Waals surface area contributed by atoms with Gasteiger partial charge in [-0.1, -0.05) is 12.1 Å². The molecule has 0 radical (unpaired) electrons. The lowest BCUT2D eigenvalue weighted by Crippen LogP contribution is -2.40. The quantitative estimate of drug-likeness (QED) is 0.711. The van der Waals surface area contributed by atoms with Crippen LogP contribution in [0.15, 0.2) is 42.6 Å². The molecule has 0 bridgehead atoms. The van der Waals surface area contributed by atoms with Gasteiger partial charge in [0, 0.05) is 18.3 Å². The number of amides is 1. The first kappa shape index (κ1) is 21.9. The molecular formula is C22H25F3N2O3. The van der Waals surface area contributed by atoms with Crippen molar-refractivity contribution in [2.24, 2.45) is 0 Å². The van der Waals surface area contributed by atoms with Crippen molar-refractivity contribution in [1.82, 2.24) is 10.3 Å². The number of benzene rings is 1. The molecule has 30 heavy (non-hydrogen) atoms. The maximum atomic E-state index is 12.6. The van der Waals surface area contributed by atoms with Gasteiger partial charge in [0.25, 0.3) is 0 Å². The van der Waals surface area contributed by atoms with Crippen molar-refractivity contribution in [3.05, 3.63) is 53.7 Å². The van der Waals surface area contributed by atoms with Gasteiger partial charge in [0.05, 0.1) is 18.6 Å². The third-order valence-corrected chi connectivity index (χ3v) is 4.99. The minimum Gasteiger partial charge on any atom is -0.494 e. The molecule has 5 nitrogen and oxygen atoms in total. The summed E-state index contributed by atoms with van der Waals surface area (Å²) in [5.74, 6) is 0.932. The van der Waals surface area contributed by atoms with E-state index in [2.05, 4.69) is 10.3 Å². The molecule has 162 valence electrons. The van der Waals surface area contributed by atoms with Crippen LogP contribution in [0.25, 0.3) is 0 Å². The Kier molecular flexibility index (Phi) is 7.18. The highest BCUT2D eigenvalue weighted by molar-refractivity contribution is 5.78. The third kappa shape index (κ3) is 6.37. The van der Waals surface area contributed by atoms with Crippen LogP contribution >= 0.6 is 0 Å². The first-order valence-corrected chi connectivity index (χ1v) is 10.0. The van der Waals surface area contributed by atoms with E-state index in [0.29, 0.717) is 25.9 Å². The minimum atomic E-state index is -4.41. The largest absolute Gasteiger partial charge is 0.494 e. The Hall–Kier alpha value is -2.77. The molecule has 1 N–H and O–H groups in total. The van der Waals surface area contributed by atoms with Gasteiger partial charge in [0.2, 0.25) is 11.8 Å². The van der Waals surface area contributed by atoms with Gasteiger partial charge in [0.1, 0.15) is 11.9 Å². The molecule has 1 fully saturated rings. The molecule has 0 saturated heterocycles. The summed E-state index contributed by atoms with van der Waals surface area (Å²) in [5, 5.41) is 3.05. The average molecular weight is 422 g/mol. The molecule has 0 spiro atoms. The average Bonchev–Trinajstić information content (AvgIpc) is 2.71. The lowest BCUT2D eigenvalue weighted by atomic mass is 9.92. The lowest BCUT2D eigenvalue weighted by molar-refractivity contribution is -0.137. The molecule has 1 heterocycles. The normalized spacial score (nSPS) is 19.2. The Bertz CT molecular complexity index is 815. The van der Waals surface area contributed by atoms with Crippen molar-refractivity contribution < 1.29 is 27.4 Å². The summed E-state index contributed by atoms with van der Waals surface area (Å²) >= 11 is 0. The number of ether oxygens (including phenoxy) is 2. The fraction of sp³-hybridized carbons (Fsp3) is 0.455. The van der Waals surface area contributed by atoms with E-state index in [-0.39, 0.29) is 23.9 Å². The van der Waals surface area contributed by atoms with E-state index in [9.17, 15) is 18.0 Å². The molecule has 8 heteroatoms. The van der Waals surface area contributed by atoms with Crippen LogP contribution in [0.4, 0.5) is 13.2 Å². The van der Waals surface area contributed by atoms with E-state index >= 15 is 0 Å². The van der Waals surface area contributed by atoms with E-state index in [4.69, 9.17) is 9.47 Å². The number of hydrogen-bond acceptors (Lipinski definition) is 4. The molecule has 2 aromatic rings. The number of hydrogen-bond donors (Lipinski definition) is 1. The molecule has 0 atom stereocenters. The van der Waals surface area contributed by atoms with Crippen LogP contribution in [0.1, 0.15) is 43.7 Å². The Morgan fingerprint density at radius 3 is 2.37 bits per heavy atom. The smallest absolute Gasteiger partial charge is 0.417 e. The maximum Gasteiger partial charge on any atom is 0.417 e. The Labute approximate surface area is 173 Å². The van der Waals surface area contributed by atoms with Crippen LogP contribution < -0.4 is 14.8 Å². The highest BCUT2D eigenvalue weighted by atomic mass is 19.4. The summed E-state index contributed by atoms with van der Waals surface area (Å²) in [6.07, 6.45) is -0.532. The van der Waals surface area contributed by atoms with Gasteiger partial charge in [0.15, 0.2) is 0 Å². The van der Waals surface area contributed by atoms with E-state index in [1.807, 2.05) is 31.2 Å². The predicted molar refractivity (Wildman–Crippen MR) is 105 cm³/mol. The number of halogens is 3. The summed E-state index contributed by atoms with van der Waals surface area (Å²) in [4.78, 5) is 16.1. The molecule has 0 unspecified atom stereocenters. The second-order valence-electron chi connectivity index (χ2n) is 7.30. The van der Waals surface area contributed by atoms with Crippen molar-refractivity contribution in [1.29, 1.82) is 0 Å². The monoisotopic (exact) mass is 422 g/mol. The fourth-order valence-electron chi connectivity index (χ4n) is 3.45. The molecule has 1 amide bonds.